The fourth-order valence-electron chi connectivity index (χ4n) is 2.47. The van der Waals surface area contributed by atoms with E-state index in [1.165, 1.54) is 24.3 Å². The number of anilines is 1. The van der Waals surface area contributed by atoms with Crippen LogP contribution in [0.15, 0.2) is 53.4 Å². The lowest BCUT2D eigenvalue weighted by Crippen LogP contribution is -2.24. The molecular weight excluding hydrogens is 408 g/mol. The Bertz CT molecular complexity index is 940. The molecule has 0 unspecified atom stereocenters. The van der Waals surface area contributed by atoms with Gasteiger partial charge in [-0.2, -0.15) is 0 Å². The van der Waals surface area contributed by atoms with Gasteiger partial charge in [-0.25, -0.2) is 13.1 Å². The smallest absolute Gasteiger partial charge is 0.310 e. The van der Waals surface area contributed by atoms with Gasteiger partial charge in [0.05, 0.1) is 17.9 Å². The number of hydrogen-bond donors (Lipinski definition) is 2. The Hall–Kier alpha value is -2.91. The second kappa shape index (κ2) is 11.3. The highest BCUT2D eigenvalue weighted by Gasteiger charge is 2.13. The highest BCUT2D eigenvalue weighted by Crippen LogP contribution is 2.16. The summed E-state index contributed by atoms with van der Waals surface area (Å²) in [4.78, 5) is 23.7. The van der Waals surface area contributed by atoms with Crippen LogP contribution in [0.25, 0.3) is 0 Å². The van der Waals surface area contributed by atoms with E-state index in [1.807, 2.05) is 6.92 Å². The summed E-state index contributed by atoms with van der Waals surface area (Å²) >= 11 is 0. The van der Waals surface area contributed by atoms with Crippen molar-refractivity contribution in [1.82, 2.24) is 4.72 Å². The topological polar surface area (TPSA) is 111 Å². The fourth-order valence-corrected chi connectivity index (χ4v) is 3.60. The van der Waals surface area contributed by atoms with Crippen molar-refractivity contribution < 1.29 is 27.5 Å². The molecule has 0 heterocycles. The summed E-state index contributed by atoms with van der Waals surface area (Å²) in [6, 6.07) is 12.7. The lowest BCUT2D eigenvalue weighted by atomic mass is 10.1. The Morgan fingerprint density at radius 2 is 1.63 bits per heavy atom. The van der Waals surface area contributed by atoms with Crippen molar-refractivity contribution in [1.29, 1.82) is 0 Å². The van der Waals surface area contributed by atoms with Crippen molar-refractivity contribution >= 4 is 27.6 Å². The van der Waals surface area contributed by atoms with Crippen LogP contribution in [0.4, 0.5) is 5.69 Å². The molecule has 0 saturated heterocycles. The average molecular weight is 435 g/mol. The van der Waals surface area contributed by atoms with Crippen LogP contribution in [0.2, 0.25) is 0 Å². The van der Waals surface area contributed by atoms with E-state index >= 15 is 0 Å². The van der Waals surface area contributed by atoms with Crippen LogP contribution in [0.3, 0.4) is 0 Å². The van der Waals surface area contributed by atoms with Gasteiger partial charge in [0.25, 0.3) is 5.91 Å². The molecule has 0 bridgehead atoms. The zero-order valence-electron chi connectivity index (χ0n) is 17.0. The van der Waals surface area contributed by atoms with Crippen LogP contribution in [0.5, 0.6) is 5.75 Å². The van der Waals surface area contributed by atoms with Gasteiger partial charge in [-0.3, -0.25) is 9.59 Å². The van der Waals surface area contributed by atoms with Crippen LogP contribution >= 0.6 is 0 Å². The Labute approximate surface area is 176 Å². The van der Waals surface area contributed by atoms with Crippen LogP contribution in [-0.4, -0.2) is 40.1 Å². The van der Waals surface area contributed by atoms with Crippen molar-refractivity contribution in [3.63, 3.8) is 0 Å². The zero-order valence-corrected chi connectivity index (χ0v) is 17.8. The molecule has 8 nitrogen and oxygen atoms in total. The summed E-state index contributed by atoms with van der Waals surface area (Å²) in [6.07, 6.45) is 0.870. The second-order valence-corrected chi connectivity index (χ2v) is 8.15. The van der Waals surface area contributed by atoms with Gasteiger partial charge in [-0.15, -0.1) is 0 Å². The molecule has 0 spiro atoms. The molecular formula is C21H26N2O6S. The van der Waals surface area contributed by atoms with Crippen LogP contribution in [0.1, 0.15) is 25.8 Å². The lowest BCUT2D eigenvalue weighted by Gasteiger charge is -2.09. The maximum atomic E-state index is 12.1. The summed E-state index contributed by atoms with van der Waals surface area (Å²) < 4.78 is 36.9. The van der Waals surface area contributed by atoms with Crippen molar-refractivity contribution in [3.05, 3.63) is 54.1 Å². The van der Waals surface area contributed by atoms with Crippen LogP contribution in [-0.2, 0) is 30.8 Å². The van der Waals surface area contributed by atoms with Gasteiger partial charge >= 0.3 is 5.97 Å². The first kappa shape index (κ1) is 23.4. The predicted molar refractivity (Wildman–Crippen MR) is 113 cm³/mol. The third kappa shape index (κ3) is 7.49. The number of amides is 1. The van der Waals surface area contributed by atoms with Gasteiger partial charge in [0.2, 0.25) is 10.0 Å². The molecule has 1 amide bonds. The third-order valence-corrected chi connectivity index (χ3v) is 5.41. The first-order valence-corrected chi connectivity index (χ1v) is 11.1. The summed E-state index contributed by atoms with van der Waals surface area (Å²) in [7, 11) is -3.54. The minimum Gasteiger partial charge on any atom is -0.484 e. The molecule has 0 fully saturated rings. The molecule has 0 aliphatic rings. The number of rotatable bonds is 11. The molecule has 0 aliphatic carbocycles. The monoisotopic (exact) mass is 434 g/mol. The van der Waals surface area contributed by atoms with E-state index in [9.17, 15) is 18.0 Å². The normalized spacial score (nSPS) is 11.0. The Morgan fingerprint density at radius 1 is 0.967 bits per heavy atom. The van der Waals surface area contributed by atoms with Crippen molar-refractivity contribution in [2.75, 3.05) is 25.1 Å². The molecule has 2 rings (SSSR count). The minimum absolute atomic E-state index is 0.135. The highest BCUT2D eigenvalue weighted by atomic mass is 32.2. The van der Waals surface area contributed by atoms with Crippen LogP contribution in [0, 0.1) is 0 Å². The standard InChI is InChI=1S/C21H26N2O6S/c1-3-13-22-30(26,27)19-11-9-18(10-12-19)29-15-20(24)23-17-7-5-16(6-8-17)14-21(25)28-4-2/h5-12,22H,3-4,13-15H2,1-2H3,(H,23,24). The number of nitrogens with one attached hydrogen (secondary N) is 2. The van der Waals surface area contributed by atoms with E-state index < -0.39 is 10.0 Å². The summed E-state index contributed by atoms with van der Waals surface area (Å²) in [5, 5.41) is 2.69. The van der Waals surface area contributed by atoms with Gasteiger partial charge in [-0.1, -0.05) is 19.1 Å². The number of carbonyl (C=O) groups excluding carboxylic acids is 2. The Balaban J connectivity index is 1.84. The molecule has 2 N–H and O–H groups in total. The first-order chi connectivity index (χ1) is 14.3. The van der Waals surface area contributed by atoms with Crippen LogP contribution < -0.4 is 14.8 Å². The maximum absolute atomic E-state index is 12.1. The largest absolute Gasteiger partial charge is 0.484 e. The molecule has 2 aromatic carbocycles. The van der Waals surface area contributed by atoms with Crippen molar-refractivity contribution in [2.45, 2.75) is 31.6 Å². The summed E-state index contributed by atoms with van der Waals surface area (Å²) in [5.74, 6) is -0.290. The number of benzene rings is 2. The summed E-state index contributed by atoms with van der Waals surface area (Å²) in [6.45, 7) is 4.10. The van der Waals surface area contributed by atoms with Gasteiger partial charge in [0.1, 0.15) is 5.75 Å². The maximum Gasteiger partial charge on any atom is 0.310 e. The molecule has 9 heteroatoms. The molecule has 162 valence electrons. The number of ether oxygens (including phenoxy) is 2. The predicted octanol–water partition coefficient (Wildman–Crippen LogP) is 2.50. The van der Waals surface area contributed by atoms with E-state index in [0.717, 1.165) is 5.56 Å². The number of carbonyl (C=O) groups is 2. The van der Waals surface area contributed by atoms with Gasteiger partial charge < -0.3 is 14.8 Å². The first-order valence-electron chi connectivity index (χ1n) is 9.61. The molecule has 0 aliphatic heterocycles. The number of hydrogen-bond acceptors (Lipinski definition) is 6. The van der Waals surface area contributed by atoms with E-state index in [4.69, 9.17) is 9.47 Å². The van der Waals surface area contributed by atoms with Gasteiger partial charge in [0, 0.05) is 12.2 Å². The lowest BCUT2D eigenvalue weighted by molar-refractivity contribution is -0.142. The molecule has 0 atom stereocenters. The Morgan fingerprint density at radius 3 is 2.23 bits per heavy atom. The molecule has 2 aromatic rings. The van der Waals surface area contributed by atoms with E-state index in [0.29, 0.717) is 31.0 Å². The number of esters is 1. The minimum atomic E-state index is -3.54. The summed E-state index contributed by atoms with van der Waals surface area (Å²) in [5.41, 5.74) is 1.35. The van der Waals surface area contributed by atoms with Crippen molar-refractivity contribution in [2.24, 2.45) is 0 Å². The van der Waals surface area contributed by atoms with Gasteiger partial charge in [0.15, 0.2) is 6.61 Å². The SMILES string of the molecule is CCCNS(=O)(=O)c1ccc(OCC(=O)Nc2ccc(CC(=O)OCC)cc2)cc1. The molecule has 0 radical (unpaired) electrons. The van der Waals surface area contributed by atoms with Crippen molar-refractivity contribution in [3.8, 4) is 5.75 Å². The molecule has 30 heavy (non-hydrogen) atoms. The zero-order chi connectivity index (χ0) is 22.0. The number of sulfonamides is 1. The third-order valence-electron chi connectivity index (χ3n) is 3.94. The molecule has 0 saturated carbocycles. The fraction of sp³-hybridized carbons (Fsp3) is 0.333. The van der Waals surface area contributed by atoms with E-state index in [2.05, 4.69) is 10.0 Å². The average Bonchev–Trinajstić information content (AvgIpc) is 2.73. The quantitative estimate of drug-likeness (QED) is 0.526. The molecule has 0 aromatic heterocycles. The second-order valence-electron chi connectivity index (χ2n) is 6.38. The van der Waals surface area contributed by atoms with E-state index in [1.54, 1.807) is 31.2 Å². The van der Waals surface area contributed by atoms with Gasteiger partial charge in [-0.05, 0) is 55.3 Å². The Kier molecular flexibility index (Phi) is 8.82. The van der Waals surface area contributed by atoms with E-state index in [-0.39, 0.29) is 29.8 Å². The highest BCUT2D eigenvalue weighted by molar-refractivity contribution is 7.89.